The fourth-order valence-corrected chi connectivity index (χ4v) is 3.96. The van der Waals surface area contributed by atoms with Crippen LogP contribution in [-0.2, 0) is 16.0 Å². The number of piperazine rings is 1. The lowest BCUT2D eigenvalue weighted by atomic mass is 10.1. The van der Waals surface area contributed by atoms with Crippen molar-refractivity contribution in [2.45, 2.75) is 79.2 Å². The molecule has 1 unspecified atom stereocenters. The Hall–Kier alpha value is -2.37. The molecule has 2 aliphatic heterocycles. The Balaban J connectivity index is 0.000000586. The average Bonchev–Trinajstić information content (AvgIpc) is 3.46. The summed E-state index contributed by atoms with van der Waals surface area (Å²) in [6.07, 6.45) is 11.5. The van der Waals surface area contributed by atoms with E-state index in [1.54, 1.807) is 17.9 Å². The van der Waals surface area contributed by atoms with E-state index in [1.807, 2.05) is 49.1 Å². The average molecular weight is 518 g/mol. The van der Waals surface area contributed by atoms with E-state index in [4.69, 9.17) is 11.6 Å². The molecule has 0 spiro atoms. The van der Waals surface area contributed by atoms with Crippen molar-refractivity contribution in [2.24, 2.45) is 0 Å². The largest absolute Gasteiger partial charge is 0.339 e. The number of aryl methyl sites for hydroxylation is 1. The molecule has 2 heterocycles. The van der Waals surface area contributed by atoms with Gasteiger partial charge in [-0.25, -0.2) is 0 Å². The Morgan fingerprint density at radius 3 is 2.22 bits per heavy atom. The zero-order chi connectivity index (χ0) is 27.3. The van der Waals surface area contributed by atoms with Gasteiger partial charge in [0.05, 0.1) is 11.7 Å². The number of hydrogen-bond donors (Lipinski definition) is 1. The van der Waals surface area contributed by atoms with Gasteiger partial charge in [-0.1, -0.05) is 68.8 Å². The van der Waals surface area contributed by atoms with E-state index >= 15 is 0 Å². The highest BCUT2D eigenvalue weighted by atomic mass is 35.5. The Morgan fingerprint density at radius 2 is 1.81 bits per heavy atom. The minimum absolute atomic E-state index is 0.0554. The number of rotatable bonds is 7. The van der Waals surface area contributed by atoms with E-state index in [1.165, 1.54) is 31.5 Å². The molecule has 1 amide bonds. The van der Waals surface area contributed by atoms with Gasteiger partial charge in [0.2, 0.25) is 6.41 Å². The first-order chi connectivity index (χ1) is 17.3. The maximum atomic E-state index is 11.8. The molecule has 3 rings (SSSR count). The van der Waals surface area contributed by atoms with Gasteiger partial charge in [0.15, 0.2) is 5.78 Å². The Labute approximate surface area is 225 Å². The highest BCUT2D eigenvalue weighted by Gasteiger charge is 2.28. The van der Waals surface area contributed by atoms with E-state index in [2.05, 4.69) is 32.3 Å². The van der Waals surface area contributed by atoms with Gasteiger partial charge < -0.3 is 15.1 Å². The second-order valence-electron chi connectivity index (χ2n) is 8.76. The van der Waals surface area contributed by atoms with Crippen molar-refractivity contribution in [3.05, 3.63) is 71.6 Å². The number of carbonyl (C=O) groups excluding carboxylic acids is 2. The summed E-state index contributed by atoms with van der Waals surface area (Å²) in [7, 11) is 0. The summed E-state index contributed by atoms with van der Waals surface area (Å²) in [5, 5.41) is 4.10. The van der Waals surface area contributed by atoms with E-state index in [-0.39, 0.29) is 11.8 Å². The third-order valence-electron chi connectivity index (χ3n) is 5.89. The molecule has 2 aliphatic rings. The van der Waals surface area contributed by atoms with Crippen LogP contribution in [0.5, 0.6) is 0 Å². The molecule has 5 nitrogen and oxygen atoms in total. The summed E-state index contributed by atoms with van der Waals surface area (Å²) in [5.41, 5.74) is 2.76. The van der Waals surface area contributed by atoms with Crippen LogP contribution in [0.4, 0.5) is 0 Å². The minimum Gasteiger partial charge on any atom is -0.339 e. The molecule has 6 heteroatoms. The molecule has 2 fully saturated rings. The molecule has 0 bridgehead atoms. The Kier molecular flexibility index (Phi) is 19.4. The van der Waals surface area contributed by atoms with Gasteiger partial charge in [-0.15, -0.1) is 6.58 Å². The maximum Gasteiger partial charge on any atom is 0.210 e. The molecule has 0 aromatic heterocycles. The number of hydrogen-bond acceptors (Lipinski definition) is 4. The molecule has 1 N–H and O–H groups in total. The first-order valence-electron chi connectivity index (χ1n) is 13.2. The van der Waals surface area contributed by atoms with Crippen molar-refractivity contribution < 1.29 is 9.59 Å². The summed E-state index contributed by atoms with van der Waals surface area (Å²) < 4.78 is 0. The lowest BCUT2D eigenvalue weighted by Crippen LogP contribution is -2.49. The van der Waals surface area contributed by atoms with Crippen LogP contribution in [0.2, 0.25) is 5.02 Å². The van der Waals surface area contributed by atoms with E-state index < -0.39 is 0 Å². The molecule has 1 aromatic rings. The highest BCUT2D eigenvalue weighted by molar-refractivity contribution is 6.31. The van der Waals surface area contributed by atoms with Crippen molar-refractivity contribution in [1.29, 1.82) is 0 Å². The molecule has 0 radical (unpaired) electrons. The topological polar surface area (TPSA) is 52.7 Å². The second-order valence-corrected chi connectivity index (χ2v) is 9.17. The number of nitrogens with one attached hydrogen (secondary N) is 1. The van der Waals surface area contributed by atoms with Gasteiger partial charge in [0, 0.05) is 30.7 Å². The van der Waals surface area contributed by atoms with Crippen LogP contribution in [0.1, 0.15) is 72.3 Å². The lowest BCUT2D eigenvalue weighted by Gasteiger charge is -2.41. The van der Waals surface area contributed by atoms with Crippen LogP contribution >= 0.6 is 11.6 Å². The van der Waals surface area contributed by atoms with Crippen molar-refractivity contribution in [1.82, 2.24) is 15.1 Å². The van der Waals surface area contributed by atoms with Crippen LogP contribution in [-0.4, -0.2) is 54.2 Å². The molecular formula is C30H48ClN3O2. The lowest BCUT2D eigenvalue weighted by molar-refractivity contribution is -0.120. The highest BCUT2D eigenvalue weighted by Crippen LogP contribution is 2.23. The van der Waals surface area contributed by atoms with Crippen molar-refractivity contribution >= 4 is 23.8 Å². The number of nitrogens with zero attached hydrogens (tertiary/aromatic N) is 2. The van der Waals surface area contributed by atoms with Gasteiger partial charge >= 0.3 is 0 Å². The number of unbranched alkanes of at least 4 members (excludes halogenated alkanes) is 2. The fraction of sp³-hybridized carbons (Fsp3) is 0.533. The quantitative estimate of drug-likeness (QED) is 0.187. The summed E-state index contributed by atoms with van der Waals surface area (Å²) in [4.78, 5) is 26.4. The standard InChI is InChI=1S/C15H24N2O2.C8H9Cl.C4H9N.C3H6/c1-5-6-7-8-15(14(4)19)17-10-9-16(11-18)12(2)13(17)3;1-2-7-5-3-4-6-8(7)9;1-2-4-5-3-1;1-3-2/h8,11-12H,3,5-7,9-10H2,1-2,4H3;3-6H,2H2,1H3;5H,1-4H2;3H,1H2,2H3/b15-8-;;;. The van der Waals surface area contributed by atoms with E-state index in [0.29, 0.717) is 13.1 Å². The van der Waals surface area contributed by atoms with Crippen molar-refractivity contribution in [3.8, 4) is 0 Å². The summed E-state index contributed by atoms with van der Waals surface area (Å²) >= 11 is 5.82. The smallest absolute Gasteiger partial charge is 0.210 e. The zero-order valence-corrected chi connectivity index (χ0v) is 23.9. The number of Topliss-reactive ketones (excluding diaryl/α,β-unsaturated/α-hetero) is 1. The van der Waals surface area contributed by atoms with Gasteiger partial charge in [-0.3, -0.25) is 9.59 Å². The molecule has 1 atom stereocenters. The van der Waals surface area contributed by atoms with Gasteiger partial charge in [-0.2, -0.15) is 0 Å². The summed E-state index contributed by atoms with van der Waals surface area (Å²) in [6.45, 7) is 20.8. The molecule has 1 aromatic carbocycles. The number of carbonyl (C=O) groups is 2. The molecule has 0 saturated carbocycles. The summed E-state index contributed by atoms with van der Waals surface area (Å²) in [5.74, 6) is 0.0593. The van der Waals surface area contributed by atoms with Crippen LogP contribution < -0.4 is 5.32 Å². The van der Waals surface area contributed by atoms with Crippen LogP contribution in [0, 0.1) is 0 Å². The SMILES string of the molecule is C1CCNC1.C=C1C(C)N(C=O)CCN1/C(=C\CCCC)C(C)=O.C=CC.CCc1ccccc1Cl. The normalized spacial score (nSPS) is 17.0. The maximum absolute atomic E-state index is 11.8. The van der Waals surface area contributed by atoms with Gasteiger partial charge in [0.1, 0.15) is 0 Å². The number of allylic oxidation sites excluding steroid dienone is 3. The second kappa shape index (κ2) is 20.8. The third kappa shape index (κ3) is 13.1. The van der Waals surface area contributed by atoms with Crippen LogP contribution in [0.15, 0.2) is 61.0 Å². The predicted octanol–water partition coefficient (Wildman–Crippen LogP) is 6.79. The molecule has 202 valence electrons. The predicted molar refractivity (Wildman–Crippen MR) is 155 cm³/mol. The zero-order valence-electron chi connectivity index (χ0n) is 23.2. The van der Waals surface area contributed by atoms with E-state index in [0.717, 1.165) is 48.5 Å². The van der Waals surface area contributed by atoms with Gasteiger partial charge in [-0.05, 0) is 70.7 Å². The summed E-state index contributed by atoms with van der Waals surface area (Å²) in [6, 6.07) is 7.86. The fourth-order valence-electron chi connectivity index (χ4n) is 3.69. The number of benzene rings is 1. The van der Waals surface area contributed by atoms with Crippen LogP contribution in [0.3, 0.4) is 0 Å². The Bertz CT molecular complexity index is 811. The number of halogens is 1. The first kappa shape index (κ1) is 33.6. The number of ketones is 1. The molecular weight excluding hydrogens is 470 g/mol. The third-order valence-corrected chi connectivity index (χ3v) is 6.26. The van der Waals surface area contributed by atoms with Crippen LogP contribution in [0.25, 0.3) is 0 Å². The molecule has 36 heavy (non-hydrogen) atoms. The van der Waals surface area contributed by atoms with Gasteiger partial charge in [0.25, 0.3) is 0 Å². The monoisotopic (exact) mass is 517 g/mol. The number of amides is 1. The Morgan fingerprint density at radius 1 is 1.19 bits per heavy atom. The first-order valence-corrected chi connectivity index (χ1v) is 13.6. The van der Waals surface area contributed by atoms with Crippen molar-refractivity contribution in [2.75, 3.05) is 26.2 Å². The van der Waals surface area contributed by atoms with Crippen molar-refractivity contribution in [3.63, 3.8) is 0 Å². The minimum atomic E-state index is -0.0554. The van der Waals surface area contributed by atoms with E-state index in [9.17, 15) is 9.59 Å². The molecule has 2 saturated heterocycles. The molecule has 0 aliphatic carbocycles.